The van der Waals surface area contributed by atoms with Gasteiger partial charge in [-0.15, -0.1) is 5.10 Å². The molecule has 1 saturated carbocycles. The highest BCUT2D eigenvalue weighted by atomic mass is 16.4. The van der Waals surface area contributed by atoms with E-state index < -0.39 is 65.3 Å². The minimum atomic E-state index is -1.37. The second kappa shape index (κ2) is 17.5. The fourth-order valence-electron chi connectivity index (χ4n) is 7.34. The quantitative estimate of drug-likeness (QED) is 0.0896. The van der Waals surface area contributed by atoms with E-state index in [1.807, 2.05) is 0 Å². The van der Waals surface area contributed by atoms with Crippen molar-refractivity contribution in [3.8, 4) is 0 Å². The molecule has 3 aromatic rings. The molecule has 0 spiro atoms. The number of primary amides is 1. The number of fused-ring (bicyclic) bond motifs is 1. The zero-order valence-electron chi connectivity index (χ0n) is 30.4. The Morgan fingerprint density at radius 1 is 0.981 bits per heavy atom. The molecule has 7 N–H and O–H groups in total. The summed E-state index contributed by atoms with van der Waals surface area (Å²) in [6, 6.07) is 0.701. The molecule has 1 aromatic carbocycles. The molecular formula is C36H48N10O8. The van der Waals surface area contributed by atoms with Gasteiger partial charge in [-0.2, -0.15) is 0 Å². The SMILES string of the molecule is CC(C)(O)c1cnnn1[C@H]1C[C@@H](C(=O)NC(CCCCNC(=O)O)C(=O)C(N)=O)N(C(=O)C(CC2CCCCC2)NC(=O)c2ccc3nccnc3c2)C1. The lowest BCUT2D eigenvalue weighted by atomic mass is 9.84. The Balaban J connectivity index is 1.44. The number of carboxylic acid groups (broad SMARTS) is 1. The van der Waals surface area contributed by atoms with Crippen LogP contribution < -0.4 is 21.7 Å². The molecule has 2 fully saturated rings. The molecule has 18 heteroatoms. The highest BCUT2D eigenvalue weighted by Crippen LogP contribution is 2.33. The Kier molecular flexibility index (Phi) is 12.9. The van der Waals surface area contributed by atoms with Crippen LogP contribution in [0.4, 0.5) is 4.79 Å². The largest absolute Gasteiger partial charge is 0.465 e. The number of hydrogen-bond acceptors (Lipinski definition) is 11. The van der Waals surface area contributed by atoms with Crippen molar-refractivity contribution in [3.05, 3.63) is 48.0 Å². The first-order valence-electron chi connectivity index (χ1n) is 18.3. The first-order chi connectivity index (χ1) is 25.7. The molecule has 0 bridgehead atoms. The molecule has 1 aliphatic heterocycles. The number of carbonyl (C=O) groups is 6. The van der Waals surface area contributed by atoms with E-state index >= 15 is 0 Å². The molecule has 0 radical (unpaired) electrons. The van der Waals surface area contributed by atoms with Crippen LogP contribution in [0.2, 0.25) is 0 Å². The summed E-state index contributed by atoms with van der Waals surface area (Å²) >= 11 is 0. The van der Waals surface area contributed by atoms with Gasteiger partial charge >= 0.3 is 6.09 Å². The molecule has 2 unspecified atom stereocenters. The summed E-state index contributed by atoms with van der Waals surface area (Å²) in [5, 5.41) is 35.7. The third kappa shape index (κ3) is 9.91. The van der Waals surface area contributed by atoms with Crippen molar-refractivity contribution in [2.45, 2.75) is 108 Å². The van der Waals surface area contributed by atoms with Gasteiger partial charge in [0.15, 0.2) is 0 Å². The molecule has 54 heavy (non-hydrogen) atoms. The standard InChI is InChI=1S/C36H48N10O8/c1-36(2,54)29-19-41-44-46(29)23-18-28(33(50)42-25(30(47)31(37)48)10-6-7-13-40-35(52)53)45(20-23)34(51)27(16-21-8-4-3-5-9-21)43-32(49)22-11-12-24-26(17-22)39-15-14-38-24/h11-12,14-15,17,19,21,23,25,27-28,40,54H,3-10,13,16,18,20H2,1-2H3,(H2,37,48)(H,42,50)(H,43,49)(H,52,53)/t23-,25?,27?,28-/m0/s1. The number of nitrogens with one attached hydrogen (secondary N) is 3. The summed E-state index contributed by atoms with van der Waals surface area (Å²) in [5.41, 5.74) is 5.70. The van der Waals surface area contributed by atoms with Crippen LogP contribution >= 0.6 is 0 Å². The predicted octanol–water partition coefficient (Wildman–Crippen LogP) is 1.34. The van der Waals surface area contributed by atoms with Gasteiger partial charge in [0.1, 0.15) is 17.7 Å². The maximum atomic E-state index is 14.8. The van der Waals surface area contributed by atoms with Gasteiger partial charge in [0, 0.05) is 37.5 Å². The number of Topliss-reactive ketones (excluding diaryl/α,β-unsaturated/α-hetero) is 1. The van der Waals surface area contributed by atoms with E-state index in [2.05, 4.69) is 36.2 Å². The van der Waals surface area contributed by atoms with Crippen molar-refractivity contribution in [3.63, 3.8) is 0 Å². The van der Waals surface area contributed by atoms with E-state index in [1.165, 1.54) is 22.0 Å². The number of likely N-dealkylation sites (tertiary alicyclic amines) is 1. The van der Waals surface area contributed by atoms with Crippen LogP contribution in [0, 0.1) is 5.92 Å². The molecule has 3 heterocycles. The van der Waals surface area contributed by atoms with Crippen molar-refractivity contribution < 1.29 is 39.0 Å². The molecule has 1 saturated heterocycles. The summed E-state index contributed by atoms with van der Waals surface area (Å²) in [4.78, 5) is 88.3. The summed E-state index contributed by atoms with van der Waals surface area (Å²) in [5.74, 6) is -3.89. The highest BCUT2D eigenvalue weighted by Gasteiger charge is 2.45. The zero-order chi connectivity index (χ0) is 39.0. The Labute approximate surface area is 311 Å². The van der Waals surface area contributed by atoms with Crippen molar-refractivity contribution in [1.29, 1.82) is 0 Å². The number of aromatic nitrogens is 5. The minimum Gasteiger partial charge on any atom is -0.465 e. The van der Waals surface area contributed by atoms with Crippen LogP contribution in [0.15, 0.2) is 36.8 Å². The Morgan fingerprint density at radius 3 is 2.39 bits per heavy atom. The van der Waals surface area contributed by atoms with Gasteiger partial charge in [0.2, 0.25) is 17.6 Å². The number of carbonyl (C=O) groups excluding carboxylic acids is 5. The second-order valence-electron chi connectivity index (χ2n) is 14.6. The fraction of sp³-hybridized carbons (Fsp3) is 0.556. The summed E-state index contributed by atoms with van der Waals surface area (Å²) in [7, 11) is 0. The Morgan fingerprint density at radius 2 is 1.70 bits per heavy atom. The number of rotatable bonds is 16. The topological polar surface area (TPSA) is 265 Å². The lowest BCUT2D eigenvalue weighted by Gasteiger charge is -2.32. The minimum absolute atomic E-state index is 0.0114. The average Bonchev–Trinajstić information content (AvgIpc) is 3.82. The van der Waals surface area contributed by atoms with Gasteiger partial charge in [-0.1, -0.05) is 37.3 Å². The third-order valence-corrected chi connectivity index (χ3v) is 10.1. The lowest BCUT2D eigenvalue weighted by molar-refractivity contribution is -0.142. The molecule has 18 nitrogen and oxygen atoms in total. The summed E-state index contributed by atoms with van der Waals surface area (Å²) in [6.07, 6.45) is 9.01. The molecule has 2 aliphatic rings. The lowest BCUT2D eigenvalue weighted by Crippen LogP contribution is -2.56. The smallest absolute Gasteiger partial charge is 0.404 e. The van der Waals surface area contributed by atoms with Crippen molar-refractivity contribution >= 4 is 46.5 Å². The van der Waals surface area contributed by atoms with Crippen molar-refractivity contribution in [1.82, 2.24) is 45.8 Å². The third-order valence-electron chi connectivity index (χ3n) is 10.1. The molecule has 5 rings (SSSR count). The van der Waals surface area contributed by atoms with Crippen molar-refractivity contribution in [2.24, 2.45) is 11.7 Å². The van der Waals surface area contributed by atoms with Gasteiger partial charge in [-0.25, -0.2) is 9.48 Å². The normalized spacial score (nSPS) is 18.8. The van der Waals surface area contributed by atoms with E-state index in [-0.39, 0.29) is 43.8 Å². The number of nitrogens with zero attached hydrogens (tertiary/aromatic N) is 6. The average molecular weight is 749 g/mol. The van der Waals surface area contributed by atoms with Crippen LogP contribution in [0.1, 0.15) is 100 Å². The zero-order valence-corrected chi connectivity index (χ0v) is 30.4. The Hall–Kier alpha value is -5.52. The van der Waals surface area contributed by atoms with Gasteiger partial charge in [0.25, 0.3) is 11.8 Å². The molecule has 4 atom stereocenters. The van der Waals surface area contributed by atoms with Gasteiger partial charge in [-0.3, -0.25) is 33.9 Å². The van der Waals surface area contributed by atoms with E-state index in [9.17, 15) is 33.9 Å². The van der Waals surface area contributed by atoms with Gasteiger partial charge < -0.3 is 36.8 Å². The number of amides is 5. The number of unbranched alkanes of at least 4 members (excludes halogenated alkanes) is 1. The van der Waals surface area contributed by atoms with Crippen LogP contribution in [-0.4, -0.2) is 107 Å². The fourth-order valence-corrected chi connectivity index (χ4v) is 7.34. The number of hydrogen-bond donors (Lipinski definition) is 6. The predicted molar refractivity (Wildman–Crippen MR) is 192 cm³/mol. The van der Waals surface area contributed by atoms with Gasteiger partial charge in [0.05, 0.1) is 35.0 Å². The highest BCUT2D eigenvalue weighted by molar-refractivity contribution is 6.37. The van der Waals surface area contributed by atoms with Crippen LogP contribution in [0.25, 0.3) is 11.0 Å². The number of benzene rings is 1. The first-order valence-corrected chi connectivity index (χ1v) is 18.3. The first kappa shape index (κ1) is 39.7. The van der Waals surface area contributed by atoms with E-state index in [1.54, 1.807) is 38.2 Å². The van der Waals surface area contributed by atoms with Gasteiger partial charge in [-0.05, 0) is 63.6 Å². The summed E-state index contributed by atoms with van der Waals surface area (Å²) < 4.78 is 1.47. The monoisotopic (exact) mass is 748 g/mol. The Bertz CT molecular complexity index is 1850. The van der Waals surface area contributed by atoms with Crippen molar-refractivity contribution in [2.75, 3.05) is 13.1 Å². The van der Waals surface area contributed by atoms with Crippen LogP contribution in [-0.2, 0) is 24.8 Å². The van der Waals surface area contributed by atoms with Crippen LogP contribution in [0.5, 0.6) is 0 Å². The molecule has 1 aliphatic carbocycles. The maximum Gasteiger partial charge on any atom is 0.404 e. The van der Waals surface area contributed by atoms with E-state index in [0.717, 1.165) is 32.1 Å². The van der Waals surface area contributed by atoms with E-state index in [4.69, 9.17) is 10.8 Å². The summed E-state index contributed by atoms with van der Waals surface area (Å²) in [6.45, 7) is 3.17. The number of ketones is 1. The van der Waals surface area contributed by atoms with E-state index in [0.29, 0.717) is 29.6 Å². The van der Waals surface area contributed by atoms with Crippen LogP contribution in [0.3, 0.4) is 0 Å². The molecular weight excluding hydrogens is 700 g/mol. The second-order valence-corrected chi connectivity index (χ2v) is 14.6. The number of aliphatic hydroxyl groups is 1. The molecule has 2 aromatic heterocycles. The maximum absolute atomic E-state index is 14.8. The number of nitrogens with two attached hydrogens (primary N) is 1. The molecule has 5 amide bonds. The molecule has 290 valence electrons.